The molecule has 7 nitrogen and oxygen atoms in total. The molecule has 0 aromatic heterocycles. The van der Waals surface area contributed by atoms with E-state index in [1.807, 2.05) is 4.72 Å². The van der Waals surface area contributed by atoms with Gasteiger partial charge in [0.2, 0.25) is 10.0 Å². The highest BCUT2D eigenvalue weighted by atomic mass is 32.2. The van der Waals surface area contributed by atoms with Gasteiger partial charge in [-0.3, -0.25) is 4.79 Å². The summed E-state index contributed by atoms with van der Waals surface area (Å²) in [6, 6.07) is 11.6. The molecule has 3 N–H and O–H groups in total. The third kappa shape index (κ3) is 4.10. The molecule has 0 heterocycles. The molecule has 2 rings (SSSR count). The highest BCUT2D eigenvalue weighted by Crippen LogP contribution is 2.22. The molecular weight excluding hydrogens is 334 g/mol. The molecule has 2 aromatic carbocycles. The van der Waals surface area contributed by atoms with Gasteiger partial charge in [-0.05, 0) is 29.8 Å². The summed E-state index contributed by atoms with van der Waals surface area (Å²) in [5.74, 6) is -0.958. The second kappa shape index (κ2) is 7.43. The van der Waals surface area contributed by atoms with E-state index < -0.39 is 28.1 Å². The molecule has 0 amide bonds. The van der Waals surface area contributed by atoms with Gasteiger partial charge in [0, 0.05) is 0 Å². The van der Waals surface area contributed by atoms with Crippen LogP contribution >= 0.6 is 0 Å². The van der Waals surface area contributed by atoms with Gasteiger partial charge in [-0.25, -0.2) is 8.42 Å². The first-order valence-corrected chi connectivity index (χ1v) is 8.45. The number of carboxylic acid groups (broad SMARTS) is 1. The van der Waals surface area contributed by atoms with Crippen LogP contribution in [-0.4, -0.2) is 37.8 Å². The van der Waals surface area contributed by atoms with Gasteiger partial charge >= 0.3 is 5.97 Å². The fourth-order valence-electron chi connectivity index (χ4n) is 2.08. The Morgan fingerprint density at radius 2 is 1.67 bits per heavy atom. The zero-order valence-corrected chi connectivity index (χ0v) is 13.6. The van der Waals surface area contributed by atoms with Gasteiger partial charge in [0.25, 0.3) is 0 Å². The predicted octanol–water partition coefficient (Wildman–Crippen LogP) is 1.16. The van der Waals surface area contributed by atoms with Gasteiger partial charge in [0.1, 0.15) is 17.9 Å². The summed E-state index contributed by atoms with van der Waals surface area (Å²) >= 11 is 0. The molecule has 0 fully saturated rings. The second-order valence-electron chi connectivity index (χ2n) is 4.97. The third-order valence-electron chi connectivity index (χ3n) is 3.37. The first-order chi connectivity index (χ1) is 11.3. The lowest BCUT2D eigenvalue weighted by molar-refractivity contribution is -0.141. The van der Waals surface area contributed by atoms with E-state index in [1.54, 1.807) is 18.2 Å². The van der Waals surface area contributed by atoms with E-state index in [9.17, 15) is 23.4 Å². The first-order valence-electron chi connectivity index (χ1n) is 6.97. The minimum Gasteiger partial charge on any atom is -0.497 e. The van der Waals surface area contributed by atoms with E-state index in [4.69, 9.17) is 4.74 Å². The fraction of sp³-hybridized carbons (Fsp3) is 0.188. The van der Waals surface area contributed by atoms with Crippen molar-refractivity contribution in [2.24, 2.45) is 0 Å². The first kappa shape index (κ1) is 17.9. The number of methoxy groups -OCH3 is 1. The SMILES string of the molecule is COc1ccc(C(O)C(NS(=O)(=O)c2ccccc2)C(=O)O)cc1. The van der Waals surface area contributed by atoms with Crippen molar-refractivity contribution in [2.45, 2.75) is 17.0 Å². The number of carbonyl (C=O) groups is 1. The van der Waals surface area contributed by atoms with E-state index >= 15 is 0 Å². The summed E-state index contributed by atoms with van der Waals surface area (Å²) in [6.45, 7) is 0. The molecule has 2 atom stereocenters. The Labute approximate surface area is 139 Å². The highest BCUT2D eigenvalue weighted by Gasteiger charge is 2.32. The molecule has 0 radical (unpaired) electrons. The Bertz CT molecular complexity index is 789. The lowest BCUT2D eigenvalue weighted by Crippen LogP contribution is -2.44. The van der Waals surface area contributed by atoms with Gasteiger partial charge in [0.05, 0.1) is 12.0 Å². The molecule has 0 bridgehead atoms. The molecule has 2 aromatic rings. The number of hydrogen-bond acceptors (Lipinski definition) is 5. The van der Waals surface area contributed by atoms with Crippen LogP contribution in [0.4, 0.5) is 0 Å². The number of sulfonamides is 1. The average Bonchev–Trinajstić information content (AvgIpc) is 2.60. The zero-order valence-electron chi connectivity index (χ0n) is 12.8. The quantitative estimate of drug-likeness (QED) is 0.690. The van der Waals surface area contributed by atoms with Gasteiger partial charge < -0.3 is 14.9 Å². The average molecular weight is 351 g/mol. The monoisotopic (exact) mass is 351 g/mol. The number of carboxylic acids is 1. The number of aliphatic carboxylic acids is 1. The smallest absolute Gasteiger partial charge is 0.324 e. The lowest BCUT2D eigenvalue weighted by atomic mass is 10.0. The summed E-state index contributed by atoms with van der Waals surface area (Å²) in [5.41, 5.74) is 0.249. The normalized spacial score (nSPS) is 13.9. The summed E-state index contributed by atoms with van der Waals surface area (Å²) in [4.78, 5) is 11.3. The summed E-state index contributed by atoms with van der Waals surface area (Å²) in [6.07, 6.45) is -1.56. The molecule has 24 heavy (non-hydrogen) atoms. The van der Waals surface area contributed by atoms with Gasteiger partial charge in [-0.2, -0.15) is 4.72 Å². The van der Waals surface area contributed by atoms with Crippen molar-refractivity contribution in [1.82, 2.24) is 4.72 Å². The molecule has 0 saturated heterocycles. The summed E-state index contributed by atoms with van der Waals surface area (Å²) in [5, 5.41) is 19.6. The van der Waals surface area contributed by atoms with Crippen LogP contribution in [0.1, 0.15) is 11.7 Å². The number of hydrogen-bond donors (Lipinski definition) is 3. The largest absolute Gasteiger partial charge is 0.497 e. The number of aliphatic hydroxyl groups is 1. The van der Waals surface area contributed by atoms with E-state index in [1.165, 1.54) is 43.5 Å². The number of aliphatic hydroxyl groups excluding tert-OH is 1. The third-order valence-corrected chi connectivity index (χ3v) is 4.83. The van der Waals surface area contributed by atoms with Gasteiger partial charge in [-0.1, -0.05) is 30.3 Å². The summed E-state index contributed by atoms with van der Waals surface area (Å²) in [7, 11) is -2.61. The molecular formula is C16H17NO6S. The van der Waals surface area contributed by atoms with Crippen LogP contribution in [0.25, 0.3) is 0 Å². The molecule has 0 saturated carbocycles. The van der Waals surface area contributed by atoms with Crippen molar-refractivity contribution >= 4 is 16.0 Å². The number of nitrogens with one attached hydrogen (secondary N) is 1. The minimum atomic E-state index is -4.09. The maximum atomic E-state index is 12.3. The van der Waals surface area contributed by atoms with Crippen LogP contribution in [0.2, 0.25) is 0 Å². The van der Waals surface area contributed by atoms with E-state index in [0.29, 0.717) is 5.75 Å². The highest BCUT2D eigenvalue weighted by molar-refractivity contribution is 7.89. The molecule has 0 aliphatic rings. The lowest BCUT2D eigenvalue weighted by Gasteiger charge is -2.21. The standard InChI is InChI=1S/C16H17NO6S/c1-23-12-9-7-11(8-10-12)15(18)14(16(19)20)17-24(21,22)13-5-3-2-4-6-13/h2-10,14-15,17-18H,1H3,(H,19,20). The van der Waals surface area contributed by atoms with Crippen molar-refractivity contribution in [3.05, 3.63) is 60.2 Å². The number of benzene rings is 2. The maximum absolute atomic E-state index is 12.3. The van der Waals surface area contributed by atoms with Crippen molar-refractivity contribution in [1.29, 1.82) is 0 Å². The minimum absolute atomic E-state index is 0.0850. The Hall–Kier alpha value is -2.42. The van der Waals surface area contributed by atoms with Gasteiger partial charge in [0.15, 0.2) is 0 Å². The van der Waals surface area contributed by atoms with E-state index in [0.717, 1.165) is 0 Å². The van der Waals surface area contributed by atoms with Gasteiger partial charge in [-0.15, -0.1) is 0 Å². The molecule has 2 unspecified atom stereocenters. The molecule has 8 heteroatoms. The maximum Gasteiger partial charge on any atom is 0.324 e. The van der Waals surface area contributed by atoms with Crippen molar-refractivity contribution < 1.29 is 28.2 Å². The van der Waals surface area contributed by atoms with Crippen LogP contribution in [-0.2, 0) is 14.8 Å². The Balaban J connectivity index is 2.27. The van der Waals surface area contributed by atoms with Crippen molar-refractivity contribution in [3.63, 3.8) is 0 Å². The van der Waals surface area contributed by atoms with Crippen LogP contribution in [0, 0.1) is 0 Å². The topological polar surface area (TPSA) is 113 Å². The van der Waals surface area contributed by atoms with Crippen molar-refractivity contribution in [3.8, 4) is 5.75 Å². The summed E-state index contributed by atoms with van der Waals surface area (Å²) < 4.78 is 31.6. The van der Waals surface area contributed by atoms with Crippen LogP contribution in [0.15, 0.2) is 59.5 Å². The van der Waals surface area contributed by atoms with Crippen LogP contribution < -0.4 is 9.46 Å². The molecule has 0 spiro atoms. The Morgan fingerprint density at radius 3 is 2.17 bits per heavy atom. The fourth-order valence-corrected chi connectivity index (χ4v) is 3.29. The van der Waals surface area contributed by atoms with E-state index in [2.05, 4.69) is 0 Å². The molecule has 128 valence electrons. The Morgan fingerprint density at radius 1 is 1.08 bits per heavy atom. The van der Waals surface area contributed by atoms with Crippen LogP contribution in [0.5, 0.6) is 5.75 Å². The molecule has 0 aliphatic carbocycles. The van der Waals surface area contributed by atoms with Crippen LogP contribution in [0.3, 0.4) is 0 Å². The van der Waals surface area contributed by atoms with Crippen molar-refractivity contribution in [2.75, 3.05) is 7.11 Å². The van der Waals surface area contributed by atoms with E-state index in [-0.39, 0.29) is 10.5 Å². The predicted molar refractivity (Wildman–Crippen MR) is 86.1 cm³/mol. The number of rotatable bonds is 7. The Kier molecular flexibility index (Phi) is 5.55. The number of ether oxygens (including phenoxy) is 1. The second-order valence-corrected chi connectivity index (χ2v) is 6.68. The zero-order chi connectivity index (χ0) is 17.7. The molecule has 0 aliphatic heterocycles.